The van der Waals surface area contributed by atoms with Crippen LogP contribution in [0.5, 0.6) is 0 Å². The molecule has 5 nitrogen and oxygen atoms in total. The van der Waals surface area contributed by atoms with Gasteiger partial charge in [0.2, 0.25) is 0 Å². The van der Waals surface area contributed by atoms with Gasteiger partial charge in [-0.05, 0) is 52.3 Å². The molecule has 1 aromatic heterocycles. The van der Waals surface area contributed by atoms with E-state index in [2.05, 4.69) is 27.8 Å². The molecule has 0 amide bonds. The van der Waals surface area contributed by atoms with E-state index in [9.17, 15) is 18.0 Å². The van der Waals surface area contributed by atoms with Crippen LogP contribution in [0.4, 0.5) is 13.2 Å². The summed E-state index contributed by atoms with van der Waals surface area (Å²) in [5, 5.41) is 17.4. The van der Waals surface area contributed by atoms with Gasteiger partial charge in [0.15, 0.2) is 11.7 Å². The number of carboxylic acid groups (broad SMARTS) is 1. The maximum Gasteiger partial charge on any atom is 0.418 e. The quantitative estimate of drug-likeness (QED) is 0.287. The zero-order chi connectivity index (χ0) is 21.3. The summed E-state index contributed by atoms with van der Waals surface area (Å²) in [6, 6.07) is 2.30. The van der Waals surface area contributed by atoms with E-state index in [4.69, 9.17) is 26.8 Å². The first kappa shape index (κ1) is 24.6. The molecule has 0 saturated heterocycles. The van der Waals surface area contributed by atoms with E-state index in [1.807, 2.05) is 0 Å². The first-order valence-corrected chi connectivity index (χ1v) is 10.0. The van der Waals surface area contributed by atoms with E-state index < -0.39 is 18.2 Å². The number of carboxylic acids is 1. The number of alkyl halides is 3. The number of benzene rings is 1. The third-order valence-electron chi connectivity index (χ3n) is 3.87. The molecule has 28 heavy (non-hydrogen) atoms. The van der Waals surface area contributed by atoms with Crippen LogP contribution in [0.25, 0.3) is 11.1 Å². The standard InChI is InChI=1S/C9H5BrF3NO2S.C9H18O2/c10-4-1-3(7(15)9(11,12)13)2-5-6(4)16-8(17)14-5;1-2-3-4-5-6-7-8-9(10)11/h1-2,7,15H,(H,14,17);2-8H2,1H3,(H,10,11). The Morgan fingerprint density at radius 3 is 2.43 bits per heavy atom. The van der Waals surface area contributed by atoms with Crippen molar-refractivity contribution in [1.29, 1.82) is 0 Å². The number of oxazole rings is 1. The summed E-state index contributed by atoms with van der Waals surface area (Å²) in [4.78, 5) is 12.7. The summed E-state index contributed by atoms with van der Waals surface area (Å²) >= 11 is 7.78. The topological polar surface area (TPSA) is 86.5 Å². The lowest BCUT2D eigenvalue weighted by molar-refractivity contribution is -0.206. The molecule has 0 saturated carbocycles. The minimum absolute atomic E-state index is 0.0550. The molecule has 3 N–H and O–H groups in total. The molecular weight excluding hydrogens is 463 g/mol. The van der Waals surface area contributed by atoms with Gasteiger partial charge in [-0.1, -0.05) is 39.0 Å². The first-order valence-electron chi connectivity index (χ1n) is 8.85. The number of rotatable bonds is 8. The van der Waals surface area contributed by atoms with Crippen LogP contribution in [0, 0.1) is 4.84 Å². The smallest absolute Gasteiger partial charge is 0.418 e. The number of carbonyl (C=O) groups is 1. The second-order valence-corrected chi connectivity index (χ2v) is 7.47. The number of aromatic amines is 1. The molecule has 1 aromatic carbocycles. The van der Waals surface area contributed by atoms with Gasteiger partial charge in [0.1, 0.15) is 0 Å². The highest BCUT2D eigenvalue weighted by Crippen LogP contribution is 2.36. The Kier molecular flexibility index (Phi) is 10.2. The van der Waals surface area contributed by atoms with Gasteiger partial charge in [0.05, 0.1) is 9.99 Å². The van der Waals surface area contributed by atoms with Crippen molar-refractivity contribution < 1.29 is 32.6 Å². The van der Waals surface area contributed by atoms with Crippen LogP contribution in [0.1, 0.15) is 63.5 Å². The number of nitrogens with one attached hydrogen (secondary N) is 1. The zero-order valence-electron chi connectivity index (χ0n) is 15.3. The van der Waals surface area contributed by atoms with Crippen molar-refractivity contribution in [3.63, 3.8) is 0 Å². The lowest BCUT2D eigenvalue weighted by Crippen LogP contribution is -2.20. The summed E-state index contributed by atoms with van der Waals surface area (Å²) < 4.78 is 42.4. The van der Waals surface area contributed by atoms with E-state index in [1.54, 1.807) is 0 Å². The SMILES string of the molecule is CCCCCCCCC(=O)O.OC(c1cc(Br)c2oc(=S)[nH]c2c1)C(F)(F)F. The Morgan fingerprint density at radius 1 is 1.25 bits per heavy atom. The van der Waals surface area contributed by atoms with Crippen molar-refractivity contribution in [2.45, 2.75) is 64.1 Å². The maximum absolute atomic E-state index is 12.4. The molecule has 0 bridgehead atoms. The van der Waals surface area contributed by atoms with Gasteiger partial charge < -0.3 is 19.6 Å². The van der Waals surface area contributed by atoms with Crippen LogP contribution in [-0.4, -0.2) is 27.3 Å². The molecule has 0 aliphatic rings. The third kappa shape index (κ3) is 8.32. The van der Waals surface area contributed by atoms with E-state index >= 15 is 0 Å². The highest BCUT2D eigenvalue weighted by molar-refractivity contribution is 9.10. The Balaban J connectivity index is 0.000000311. The van der Waals surface area contributed by atoms with Crippen molar-refractivity contribution >= 4 is 45.2 Å². The number of H-pyrrole nitrogens is 1. The van der Waals surface area contributed by atoms with Crippen molar-refractivity contribution in [3.8, 4) is 0 Å². The lowest BCUT2D eigenvalue weighted by atomic mass is 10.1. The fraction of sp³-hybridized carbons (Fsp3) is 0.556. The molecule has 0 radical (unpaired) electrons. The number of aliphatic hydroxyl groups excluding tert-OH is 1. The molecule has 0 aliphatic carbocycles. The number of unbranched alkanes of at least 4 members (excludes halogenated alkanes) is 5. The second-order valence-electron chi connectivity index (χ2n) is 6.25. The molecule has 0 fully saturated rings. The molecular formula is C18H23BrF3NO4S. The van der Waals surface area contributed by atoms with Gasteiger partial charge in [-0.25, -0.2) is 0 Å². The van der Waals surface area contributed by atoms with Gasteiger partial charge in [0, 0.05) is 6.42 Å². The number of aliphatic carboxylic acids is 1. The maximum atomic E-state index is 12.4. The van der Waals surface area contributed by atoms with E-state index in [-0.39, 0.29) is 10.4 Å². The van der Waals surface area contributed by atoms with Gasteiger partial charge >= 0.3 is 12.1 Å². The normalized spacial score (nSPS) is 12.5. The van der Waals surface area contributed by atoms with Gasteiger partial charge in [0.25, 0.3) is 4.84 Å². The van der Waals surface area contributed by atoms with Crippen molar-refractivity contribution in [3.05, 3.63) is 27.0 Å². The average Bonchev–Trinajstić information content (AvgIpc) is 2.98. The monoisotopic (exact) mass is 485 g/mol. The van der Waals surface area contributed by atoms with Crippen LogP contribution in [-0.2, 0) is 4.79 Å². The highest BCUT2D eigenvalue weighted by Gasteiger charge is 2.39. The minimum Gasteiger partial charge on any atom is -0.481 e. The van der Waals surface area contributed by atoms with Gasteiger partial charge in [-0.2, -0.15) is 13.2 Å². The first-order chi connectivity index (χ1) is 13.1. The van der Waals surface area contributed by atoms with Crippen LogP contribution < -0.4 is 0 Å². The average molecular weight is 486 g/mol. The summed E-state index contributed by atoms with van der Waals surface area (Å²) in [6.45, 7) is 2.18. The lowest BCUT2D eigenvalue weighted by Gasteiger charge is -2.14. The number of hydrogen-bond acceptors (Lipinski definition) is 4. The fourth-order valence-corrected chi connectivity index (χ4v) is 3.19. The molecule has 158 valence electrons. The predicted octanol–water partition coefficient (Wildman–Crippen LogP) is 6.67. The Labute approximate surface area is 174 Å². The van der Waals surface area contributed by atoms with Crippen LogP contribution in [0.15, 0.2) is 21.0 Å². The highest BCUT2D eigenvalue weighted by atomic mass is 79.9. The number of hydrogen-bond donors (Lipinski definition) is 3. The van der Waals surface area contributed by atoms with E-state index in [0.717, 1.165) is 25.0 Å². The predicted molar refractivity (Wildman–Crippen MR) is 106 cm³/mol. The number of halogens is 4. The molecule has 2 rings (SSSR count). The Bertz CT molecular complexity index is 819. The van der Waals surface area contributed by atoms with Gasteiger partial charge in [-0.15, -0.1) is 0 Å². The second kappa shape index (κ2) is 11.6. The Hall–Kier alpha value is -1.39. The summed E-state index contributed by atoms with van der Waals surface area (Å²) in [7, 11) is 0. The molecule has 1 heterocycles. The van der Waals surface area contributed by atoms with Crippen molar-refractivity contribution in [2.75, 3.05) is 0 Å². The minimum atomic E-state index is -4.71. The van der Waals surface area contributed by atoms with Gasteiger partial charge in [-0.3, -0.25) is 4.79 Å². The third-order valence-corrected chi connectivity index (χ3v) is 4.64. The number of aliphatic hydroxyl groups is 1. The number of fused-ring (bicyclic) bond motifs is 1. The molecule has 2 aromatic rings. The van der Waals surface area contributed by atoms with Crippen LogP contribution >= 0.6 is 28.1 Å². The molecule has 10 heteroatoms. The summed E-state index contributed by atoms with van der Waals surface area (Å²) in [5.41, 5.74) is 0.319. The molecule has 1 unspecified atom stereocenters. The van der Waals surface area contributed by atoms with Crippen molar-refractivity contribution in [2.24, 2.45) is 0 Å². The van der Waals surface area contributed by atoms with Crippen LogP contribution in [0.3, 0.4) is 0 Å². The van der Waals surface area contributed by atoms with E-state index in [1.165, 1.54) is 25.7 Å². The van der Waals surface area contributed by atoms with Crippen LogP contribution in [0.2, 0.25) is 0 Å². The van der Waals surface area contributed by atoms with E-state index in [0.29, 0.717) is 22.0 Å². The molecule has 0 aliphatic heterocycles. The van der Waals surface area contributed by atoms with Crippen molar-refractivity contribution in [1.82, 2.24) is 4.98 Å². The molecule has 0 spiro atoms. The molecule has 1 atom stereocenters. The summed E-state index contributed by atoms with van der Waals surface area (Å²) in [6.07, 6.45) is -0.00553. The Morgan fingerprint density at radius 2 is 1.86 bits per heavy atom. The number of aromatic nitrogens is 1. The fourth-order valence-electron chi connectivity index (χ4n) is 2.44. The summed E-state index contributed by atoms with van der Waals surface area (Å²) in [5.74, 6) is -0.666. The largest absolute Gasteiger partial charge is 0.481 e. The zero-order valence-corrected chi connectivity index (χ0v) is 17.7.